The van der Waals surface area contributed by atoms with Crippen LogP contribution in [0.25, 0.3) is 0 Å². The van der Waals surface area contributed by atoms with Crippen LogP contribution >= 0.6 is 11.6 Å². The van der Waals surface area contributed by atoms with E-state index in [9.17, 15) is 22.8 Å². The van der Waals surface area contributed by atoms with Gasteiger partial charge in [0.1, 0.15) is 0 Å². The molecule has 1 fully saturated rings. The van der Waals surface area contributed by atoms with Crippen molar-refractivity contribution in [3.63, 3.8) is 0 Å². The Kier molecular flexibility index (Phi) is 9.69. The van der Waals surface area contributed by atoms with Gasteiger partial charge in [-0.3, -0.25) is 19.2 Å². The molecule has 0 radical (unpaired) electrons. The van der Waals surface area contributed by atoms with Crippen LogP contribution in [0.1, 0.15) is 75.0 Å². The zero-order valence-electron chi connectivity index (χ0n) is 24.5. The largest absolute Gasteiger partial charge is 0.355 e. The molecule has 0 bridgehead atoms. The van der Waals surface area contributed by atoms with E-state index in [-0.39, 0.29) is 18.4 Å². The molecule has 3 N–H and O–H groups in total. The molecule has 0 aromatic heterocycles. The monoisotopic (exact) mass is 638 g/mol. The first-order valence-corrected chi connectivity index (χ1v) is 16.7. The number of hydrogen-bond acceptors (Lipinski definition) is 6. The summed E-state index contributed by atoms with van der Waals surface area (Å²) in [5.41, 5.74) is 5.32. The summed E-state index contributed by atoms with van der Waals surface area (Å²) in [7, 11) is -2.02. The van der Waals surface area contributed by atoms with Crippen molar-refractivity contribution in [1.82, 2.24) is 20.4 Å². The second-order valence-electron chi connectivity index (χ2n) is 11.2. The van der Waals surface area contributed by atoms with Gasteiger partial charge in [-0.15, -0.1) is 0 Å². The molecule has 232 valence electrons. The van der Waals surface area contributed by atoms with Gasteiger partial charge in [0.15, 0.2) is 0 Å². The summed E-state index contributed by atoms with van der Waals surface area (Å²) in [4.78, 5) is 47.8. The molecule has 5 rings (SSSR count). The van der Waals surface area contributed by atoms with E-state index < -0.39 is 40.0 Å². The SMILES string of the molecule is CNC(=O)c1cccc(CONC(=O)[C@@H]2c3ccccc3C(=O)N([C@H]3CCCC[C@@H]3NS(C)(=O)=O)[C@H]2c2ccc(Cl)cc2)c1. The zero-order chi connectivity index (χ0) is 31.4. The van der Waals surface area contributed by atoms with Crippen LogP contribution in [0.4, 0.5) is 0 Å². The van der Waals surface area contributed by atoms with Gasteiger partial charge in [-0.05, 0) is 59.9 Å². The maximum atomic E-state index is 14.3. The van der Waals surface area contributed by atoms with E-state index in [1.165, 1.54) is 0 Å². The highest BCUT2D eigenvalue weighted by Gasteiger charge is 2.49. The third-order valence-corrected chi connectivity index (χ3v) is 9.13. The van der Waals surface area contributed by atoms with E-state index in [1.807, 2.05) is 0 Å². The van der Waals surface area contributed by atoms with Gasteiger partial charge in [-0.2, -0.15) is 0 Å². The Morgan fingerprint density at radius 1 is 1.00 bits per heavy atom. The standard InChI is InChI=1S/C32H35ClN4O6S/c1-34-30(38)22-9-7-8-20(18-22)19-43-35-31(39)28-24-10-3-4-11-25(24)32(40)37(29(28)21-14-16-23(33)17-15-21)27-13-6-5-12-26(27)36-44(2,41)42/h3-4,7-11,14-18,26-29,36H,5-6,12-13,19H2,1-2H3,(H,34,38)(H,35,39)/t26-,27-,28+,29-/m0/s1. The number of carbonyl (C=O) groups is 3. The summed E-state index contributed by atoms with van der Waals surface area (Å²) in [5.74, 6) is -1.87. The molecule has 1 saturated carbocycles. The maximum absolute atomic E-state index is 14.3. The van der Waals surface area contributed by atoms with E-state index >= 15 is 0 Å². The van der Waals surface area contributed by atoms with Crippen molar-refractivity contribution >= 4 is 39.3 Å². The topological polar surface area (TPSA) is 134 Å². The zero-order valence-corrected chi connectivity index (χ0v) is 26.0. The normalized spacial score (nSPS) is 21.8. The Morgan fingerprint density at radius 3 is 2.45 bits per heavy atom. The van der Waals surface area contributed by atoms with Crippen LogP contribution in [0.2, 0.25) is 5.02 Å². The van der Waals surface area contributed by atoms with Gasteiger partial charge in [-0.25, -0.2) is 18.6 Å². The molecule has 3 amide bonds. The average Bonchev–Trinajstić information content (AvgIpc) is 3.01. The number of nitrogens with one attached hydrogen (secondary N) is 3. The van der Waals surface area contributed by atoms with Crippen molar-refractivity contribution in [2.24, 2.45) is 0 Å². The van der Waals surface area contributed by atoms with Gasteiger partial charge in [0.2, 0.25) is 10.0 Å². The van der Waals surface area contributed by atoms with Crippen molar-refractivity contribution in [2.45, 2.75) is 56.3 Å². The fraction of sp³-hybridized carbons (Fsp3) is 0.344. The van der Waals surface area contributed by atoms with Gasteiger partial charge in [0.25, 0.3) is 17.7 Å². The van der Waals surface area contributed by atoms with E-state index in [4.69, 9.17) is 16.4 Å². The molecule has 3 aromatic rings. The first-order chi connectivity index (χ1) is 21.1. The second kappa shape index (κ2) is 13.5. The Hall–Kier alpha value is -3.77. The fourth-order valence-electron chi connectivity index (χ4n) is 6.27. The molecular weight excluding hydrogens is 604 g/mol. The summed E-state index contributed by atoms with van der Waals surface area (Å²) < 4.78 is 27.4. The average molecular weight is 639 g/mol. The number of nitrogens with zero attached hydrogens (tertiary/aromatic N) is 1. The molecule has 1 heterocycles. The first kappa shape index (κ1) is 31.6. The van der Waals surface area contributed by atoms with Crippen LogP contribution in [-0.2, 0) is 26.3 Å². The number of benzene rings is 3. The molecule has 1 aliphatic heterocycles. The molecule has 44 heavy (non-hydrogen) atoms. The Balaban J connectivity index is 1.52. The van der Waals surface area contributed by atoms with E-state index in [0.29, 0.717) is 45.7 Å². The van der Waals surface area contributed by atoms with Crippen LogP contribution in [0.15, 0.2) is 72.8 Å². The number of fused-ring (bicyclic) bond motifs is 1. The van der Waals surface area contributed by atoms with Gasteiger partial charge in [0.05, 0.1) is 24.8 Å². The van der Waals surface area contributed by atoms with Crippen molar-refractivity contribution in [3.8, 4) is 0 Å². The van der Waals surface area contributed by atoms with Gasteiger partial charge in [-0.1, -0.05) is 66.9 Å². The van der Waals surface area contributed by atoms with Crippen LogP contribution in [0.3, 0.4) is 0 Å². The predicted molar refractivity (Wildman–Crippen MR) is 166 cm³/mol. The van der Waals surface area contributed by atoms with Crippen LogP contribution < -0.4 is 15.5 Å². The molecular formula is C32H35ClN4O6S. The molecule has 3 aromatic carbocycles. The third-order valence-electron chi connectivity index (χ3n) is 8.15. The lowest BCUT2D eigenvalue weighted by molar-refractivity contribution is -0.138. The van der Waals surface area contributed by atoms with Crippen molar-refractivity contribution in [1.29, 1.82) is 0 Å². The van der Waals surface area contributed by atoms with Crippen molar-refractivity contribution in [2.75, 3.05) is 13.3 Å². The number of halogens is 1. The lowest BCUT2D eigenvalue weighted by Crippen LogP contribution is -2.59. The van der Waals surface area contributed by atoms with Crippen LogP contribution in [0, 0.1) is 0 Å². The number of sulfonamides is 1. The van der Waals surface area contributed by atoms with Crippen LogP contribution in [-0.4, -0.2) is 56.4 Å². The summed E-state index contributed by atoms with van der Waals surface area (Å²) in [5, 5.41) is 3.08. The smallest absolute Gasteiger partial charge is 0.255 e. The number of carbonyl (C=O) groups excluding carboxylic acids is 3. The molecule has 10 nitrogen and oxygen atoms in total. The number of hydroxylamine groups is 1. The van der Waals surface area contributed by atoms with E-state index in [1.54, 1.807) is 84.7 Å². The molecule has 4 atom stereocenters. The number of hydrogen-bond donors (Lipinski definition) is 3. The second-order valence-corrected chi connectivity index (χ2v) is 13.4. The van der Waals surface area contributed by atoms with Crippen molar-refractivity contribution < 1.29 is 27.6 Å². The van der Waals surface area contributed by atoms with Gasteiger partial charge in [0, 0.05) is 35.3 Å². The summed E-state index contributed by atoms with van der Waals surface area (Å²) in [6.07, 6.45) is 3.86. The molecule has 0 saturated heterocycles. The lowest BCUT2D eigenvalue weighted by atomic mass is 9.76. The molecule has 0 spiro atoms. The minimum atomic E-state index is -3.57. The van der Waals surface area contributed by atoms with E-state index in [2.05, 4.69) is 15.5 Å². The first-order valence-electron chi connectivity index (χ1n) is 14.4. The highest BCUT2D eigenvalue weighted by atomic mass is 35.5. The highest BCUT2D eigenvalue weighted by molar-refractivity contribution is 7.88. The Labute approximate surface area is 262 Å². The maximum Gasteiger partial charge on any atom is 0.255 e. The predicted octanol–water partition coefficient (Wildman–Crippen LogP) is 4.09. The molecule has 2 aliphatic rings. The highest BCUT2D eigenvalue weighted by Crippen LogP contribution is 2.46. The fourth-order valence-corrected chi connectivity index (χ4v) is 7.22. The lowest BCUT2D eigenvalue weighted by Gasteiger charge is -2.49. The summed E-state index contributed by atoms with van der Waals surface area (Å²) >= 11 is 6.23. The third kappa shape index (κ3) is 6.96. The van der Waals surface area contributed by atoms with Crippen LogP contribution in [0.5, 0.6) is 0 Å². The summed E-state index contributed by atoms with van der Waals surface area (Å²) in [6.45, 7) is 0.00216. The molecule has 12 heteroatoms. The van der Waals surface area contributed by atoms with E-state index in [0.717, 1.165) is 19.1 Å². The Morgan fingerprint density at radius 2 is 1.73 bits per heavy atom. The molecule has 1 aliphatic carbocycles. The number of amides is 3. The minimum Gasteiger partial charge on any atom is -0.355 e. The molecule has 0 unspecified atom stereocenters. The number of rotatable bonds is 9. The minimum absolute atomic E-state index is 0.00216. The van der Waals surface area contributed by atoms with Gasteiger partial charge >= 0.3 is 0 Å². The van der Waals surface area contributed by atoms with Crippen molar-refractivity contribution in [3.05, 3.63) is 106 Å². The quantitative estimate of drug-likeness (QED) is 0.302. The van der Waals surface area contributed by atoms with Gasteiger partial charge < -0.3 is 10.2 Å². The Bertz CT molecular complexity index is 1650. The summed E-state index contributed by atoms with van der Waals surface area (Å²) in [6, 6.07) is 19.0.